The molecule has 9 heteroatoms. The summed E-state index contributed by atoms with van der Waals surface area (Å²) >= 11 is 0. The highest BCUT2D eigenvalue weighted by molar-refractivity contribution is 7.89. The fourth-order valence-corrected chi connectivity index (χ4v) is 5.74. The molecule has 2 heterocycles. The van der Waals surface area contributed by atoms with E-state index in [-0.39, 0.29) is 22.6 Å². The second kappa shape index (κ2) is 8.89. The Kier molecular flexibility index (Phi) is 5.94. The van der Waals surface area contributed by atoms with Crippen LogP contribution < -0.4 is 5.32 Å². The summed E-state index contributed by atoms with van der Waals surface area (Å²) in [7, 11) is -3.60. The lowest BCUT2D eigenvalue weighted by molar-refractivity contribution is -0.133. The van der Waals surface area contributed by atoms with Crippen LogP contribution in [0.5, 0.6) is 0 Å². The second-order valence-electron chi connectivity index (χ2n) is 8.76. The predicted octanol–water partition coefficient (Wildman–Crippen LogP) is 2.25. The summed E-state index contributed by atoms with van der Waals surface area (Å²) < 4.78 is 32.1. The molecular weight excluding hydrogens is 442 g/mol. The zero-order valence-corrected chi connectivity index (χ0v) is 19.1. The quantitative estimate of drug-likeness (QED) is 0.725. The zero-order valence-electron chi connectivity index (χ0n) is 18.3. The molecule has 2 aromatic rings. The van der Waals surface area contributed by atoms with Crippen LogP contribution in [0, 0.1) is 5.92 Å². The van der Waals surface area contributed by atoms with E-state index in [0.29, 0.717) is 44.1 Å². The first-order chi connectivity index (χ1) is 15.9. The molecule has 0 unspecified atom stereocenters. The maximum absolute atomic E-state index is 12.8. The lowest BCUT2D eigenvalue weighted by atomic mass is 9.98. The van der Waals surface area contributed by atoms with Crippen molar-refractivity contribution >= 4 is 27.5 Å². The van der Waals surface area contributed by atoms with Gasteiger partial charge in [0.15, 0.2) is 0 Å². The Hall–Kier alpha value is -2.75. The molecule has 0 aromatic heterocycles. The highest BCUT2D eigenvalue weighted by Crippen LogP contribution is 2.33. The number of carbonyl (C=O) groups is 2. The highest BCUT2D eigenvalue weighted by Gasteiger charge is 2.34. The van der Waals surface area contributed by atoms with Crippen LogP contribution in [-0.4, -0.2) is 62.3 Å². The lowest BCUT2D eigenvalue weighted by Crippen LogP contribution is -2.40. The van der Waals surface area contributed by atoms with Gasteiger partial charge in [0.05, 0.1) is 18.1 Å². The van der Waals surface area contributed by atoms with Gasteiger partial charge in [0.1, 0.15) is 0 Å². The minimum Gasteiger partial charge on any atom is -0.379 e. The Labute approximate surface area is 193 Å². The van der Waals surface area contributed by atoms with Crippen molar-refractivity contribution in [3.63, 3.8) is 0 Å². The third-order valence-electron chi connectivity index (χ3n) is 6.44. The van der Waals surface area contributed by atoms with Crippen LogP contribution in [0.2, 0.25) is 0 Å². The van der Waals surface area contributed by atoms with E-state index in [1.165, 1.54) is 34.1 Å². The first kappa shape index (κ1) is 22.1. The Morgan fingerprint density at radius 2 is 1.67 bits per heavy atom. The van der Waals surface area contributed by atoms with Crippen molar-refractivity contribution in [2.24, 2.45) is 5.92 Å². The number of nitrogens with one attached hydrogen (secondary N) is 1. The number of benzene rings is 2. The van der Waals surface area contributed by atoms with E-state index >= 15 is 0 Å². The molecule has 1 N–H and O–H groups in total. The van der Waals surface area contributed by atoms with Gasteiger partial charge >= 0.3 is 0 Å². The van der Waals surface area contributed by atoms with Gasteiger partial charge < -0.3 is 15.0 Å². The Morgan fingerprint density at radius 3 is 2.36 bits per heavy atom. The predicted molar refractivity (Wildman–Crippen MR) is 122 cm³/mol. The molecule has 0 spiro atoms. The van der Waals surface area contributed by atoms with Gasteiger partial charge in [0.25, 0.3) is 5.91 Å². The normalized spacial score (nSPS) is 19.1. The smallest absolute Gasteiger partial charge is 0.255 e. The number of rotatable bonds is 5. The summed E-state index contributed by atoms with van der Waals surface area (Å²) in [6, 6.07) is 11.8. The number of morpholine rings is 1. The monoisotopic (exact) mass is 469 g/mol. The number of fused-ring (bicyclic) bond motifs is 1. The minimum atomic E-state index is -3.60. The van der Waals surface area contributed by atoms with E-state index in [9.17, 15) is 18.0 Å². The number of sulfonamides is 1. The van der Waals surface area contributed by atoms with Crippen LogP contribution in [0.4, 0.5) is 5.69 Å². The molecule has 174 valence electrons. The average molecular weight is 470 g/mol. The Bertz CT molecular complexity index is 1170. The SMILES string of the molecule is O=C(Nc1ccc2c(c1)CN(C(=O)C1CC1)CC2)c1ccc(S(=O)(=O)N2CCOCC2)cc1. The number of ether oxygens (including phenoxy) is 1. The van der Waals surface area contributed by atoms with Crippen molar-refractivity contribution in [2.45, 2.75) is 30.7 Å². The largest absolute Gasteiger partial charge is 0.379 e. The van der Waals surface area contributed by atoms with Gasteiger partial charge in [-0.2, -0.15) is 4.31 Å². The maximum Gasteiger partial charge on any atom is 0.255 e. The summed E-state index contributed by atoms with van der Waals surface area (Å²) in [5.74, 6) is 0.124. The van der Waals surface area contributed by atoms with E-state index in [1.807, 2.05) is 23.1 Å². The van der Waals surface area contributed by atoms with Crippen LogP contribution in [0.25, 0.3) is 0 Å². The fraction of sp³-hybridized carbons (Fsp3) is 0.417. The molecule has 0 radical (unpaired) electrons. The maximum atomic E-state index is 12.8. The molecule has 5 rings (SSSR count). The van der Waals surface area contributed by atoms with Gasteiger partial charge in [0, 0.05) is 43.3 Å². The Morgan fingerprint density at radius 1 is 0.939 bits per heavy atom. The molecule has 8 nitrogen and oxygen atoms in total. The van der Waals surface area contributed by atoms with Gasteiger partial charge in [-0.15, -0.1) is 0 Å². The van der Waals surface area contributed by atoms with E-state index in [1.54, 1.807) is 0 Å². The van der Waals surface area contributed by atoms with Crippen LogP contribution >= 0.6 is 0 Å². The summed E-state index contributed by atoms with van der Waals surface area (Å²) in [5, 5.41) is 2.89. The van der Waals surface area contributed by atoms with E-state index < -0.39 is 10.0 Å². The van der Waals surface area contributed by atoms with E-state index in [0.717, 1.165) is 31.4 Å². The zero-order chi connectivity index (χ0) is 23.0. The van der Waals surface area contributed by atoms with Crippen molar-refractivity contribution in [2.75, 3.05) is 38.2 Å². The number of anilines is 1. The molecule has 1 aliphatic carbocycles. The summed E-state index contributed by atoms with van der Waals surface area (Å²) in [5.41, 5.74) is 3.29. The molecule has 33 heavy (non-hydrogen) atoms. The van der Waals surface area contributed by atoms with Crippen LogP contribution in [0.15, 0.2) is 47.4 Å². The van der Waals surface area contributed by atoms with E-state index in [4.69, 9.17) is 4.74 Å². The summed E-state index contributed by atoms with van der Waals surface area (Å²) in [4.78, 5) is 27.3. The third kappa shape index (κ3) is 4.66. The standard InChI is InChI=1S/C24H27N3O5S/c28-23(18-4-7-22(8-5-18)33(30,31)27-11-13-32-14-12-27)25-21-6-3-17-9-10-26(16-20(17)15-21)24(29)19-1-2-19/h3-8,15,19H,1-2,9-14,16H2,(H,25,28). The molecule has 2 aromatic carbocycles. The first-order valence-corrected chi connectivity index (χ1v) is 12.8. The molecule has 3 aliphatic rings. The first-order valence-electron chi connectivity index (χ1n) is 11.3. The minimum absolute atomic E-state index is 0.162. The van der Waals surface area contributed by atoms with Crippen molar-refractivity contribution < 1.29 is 22.7 Å². The lowest BCUT2D eigenvalue weighted by Gasteiger charge is -2.29. The van der Waals surface area contributed by atoms with Gasteiger partial charge in [0.2, 0.25) is 15.9 Å². The van der Waals surface area contributed by atoms with Crippen molar-refractivity contribution in [3.05, 3.63) is 59.2 Å². The van der Waals surface area contributed by atoms with E-state index in [2.05, 4.69) is 5.32 Å². The van der Waals surface area contributed by atoms with Crippen molar-refractivity contribution in [1.29, 1.82) is 0 Å². The fourth-order valence-electron chi connectivity index (χ4n) is 4.33. The molecule has 2 fully saturated rings. The number of hydrogen-bond donors (Lipinski definition) is 1. The molecule has 2 amide bonds. The van der Waals surface area contributed by atoms with Gasteiger partial charge in [-0.3, -0.25) is 9.59 Å². The Balaban J connectivity index is 1.26. The van der Waals surface area contributed by atoms with Gasteiger partial charge in [-0.05, 0) is 66.8 Å². The molecule has 2 aliphatic heterocycles. The van der Waals surface area contributed by atoms with Crippen LogP contribution in [0.3, 0.4) is 0 Å². The molecule has 0 atom stereocenters. The van der Waals surface area contributed by atoms with Gasteiger partial charge in [-0.1, -0.05) is 6.07 Å². The second-order valence-corrected chi connectivity index (χ2v) is 10.7. The number of amides is 2. The number of carbonyl (C=O) groups excluding carboxylic acids is 2. The van der Waals surface area contributed by atoms with Gasteiger partial charge in [-0.25, -0.2) is 8.42 Å². The van der Waals surface area contributed by atoms with Crippen molar-refractivity contribution in [3.8, 4) is 0 Å². The summed E-state index contributed by atoms with van der Waals surface area (Å²) in [6.45, 7) is 2.73. The number of hydrogen-bond acceptors (Lipinski definition) is 5. The molecule has 1 saturated heterocycles. The van der Waals surface area contributed by atoms with Crippen molar-refractivity contribution in [1.82, 2.24) is 9.21 Å². The highest BCUT2D eigenvalue weighted by atomic mass is 32.2. The number of nitrogens with zero attached hydrogens (tertiary/aromatic N) is 2. The van der Waals surface area contributed by atoms with Crippen LogP contribution in [-0.2, 0) is 32.5 Å². The molecule has 0 bridgehead atoms. The molecule has 1 saturated carbocycles. The molecular formula is C24H27N3O5S. The average Bonchev–Trinajstić information content (AvgIpc) is 3.69. The third-order valence-corrected chi connectivity index (χ3v) is 8.35. The topological polar surface area (TPSA) is 96.0 Å². The van der Waals surface area contributed by atoms with Crippen LogP contribution in [0.1, 0.15) is 34.3 Å². The summed E-state index contributed by atoms with van der Waals surface area (Å²) in [6.07, 6.45) is 2.80.